The number of aryl methyl sites for hydroxylation is 1. The molecule has 0 aromatic heterocycles. The summed E-state index contributed by atoms with van der Waals surface area (Å²) in [6.45, 7) is 1.25. The number of hydrogen-bond acceptors (Lipinski definition) is 2. The molecule has 0 aliphatic carbocycles. The van der Waals surface area contributed by atoms with Crippen molar-refractivity contribution < 1.29 is 35.9 Å². The summed E-state index contributed by atoms with van der Waals surface area (Å²) < 4.78 is 77.1. The zero-order valence-corrected chi connectivity index (χ0v) is 14.3. The Morgan fingerprint density at radius 2 is 1.46 bits per heavy atom. The van der Waals surface area contributed by atoms with E-state index < -0.39 is 35.6 Å². The molecule has 2 amide bonds. The summed E-state index contributed by atoms with van der Waals surface area (Å²) in [7, 11) is 0. The van der Waals surface area contributed by atoms with Crippen LogP contribution in [0.15, 0.2) is 42.5 Å². The van der Waals surface area contributed by atoms with Gasteiger partial charge in [-0.05, 0) is 36.2 Å². The van der Waals surface area contributed by atoms with E-state index in [0.29, 0.717) is 12.1 Å². The number of hydrogen-bond donors (Lipinski definition) is 2. The van der Waals surface area contributed by atoms with E-state index in [0.717, 1.165) is 6.07 Å². The molecule has 0 atom stereocenters. The molecule has 0 heterocycles. The maximum atomic E-state index is 12.9. The van der Waals surface area contributed by atoms with Crippen LogP contribution in [0.4, 0.5) is 32.0 Å². The number of halogens is 6. The van der Waals surface area contributed by atoms with E-state index in [1.54, 1.807) is 0 Å². The number of carbonyl (C=O) groups excluding carboxylic acids is 2. The summed E-state index contributed by atoms with van der Waals surface area (Å²) in [5, 5.41) is 2.36. The van der Waals surface area contributed by atoms with Crippen LogP contribution in [0.5, 0.6) is 0 Å². The van der Waals surface area contributed by atoms with E-state index in [9.17, 15) is 35.9 Å². The number of nitrogens with two attached hydrogens (primary N) is 1. The fraction of sp³-hybridized carbons (Fsp3) is 0.222. The summed E-state index contributed by atoms with van der Waals surface area (Å²) in [6, 6.07) is 7.86. The second-order valence-electron chi connectivity index (χ2n) is 5.95. The van der Waals surface area contributed by atoms with Gasteiger partial charge in [0.15, 0.2) is 5.92 Å². The summed E-state index contributed by atoms with van der Waals surface area (Å²) in [5.41, 5.74) is 4.01. The fourth-order valence-electron chi connectivity index (χ4n) is 2.66. The van der Waals surface area contributed by atoms with Crippen molar-refractivity contribution >= 4 is 17.5 Å². The van der Waals surface area contributed by atoms with Gasteiger partial charge in [-0.1, -0.05) is 24.3 Å². The second-order valence-corrected chi connectivity index (χ2v) is 5.95. The Morgan fingerprint density at radius 3 is 1.93 bits per heavy atom. The van der Waals surface area contributed by atoms with Crippen molar-refractivity contribution in [1.82, 2.24) is 0 Å². The van der Waals surface area contributed by atoms with Crippen LogP contribution < -0.4 is 11.1 Å². The van der Waals surface area contributed by atoms with Crippen LogP contribution in [-0.2, 0) is 0 Å². The minimum Gasteiger partial charge on any atom is -0.366 e. The van der Waals surface area contributed by atoms with Crippen molar-refractivity contribution in [1.29, 1.82) is 0 Å². The maximum absolute atomic E-state index is 12.9. The summed E-state index contributed by atoms with van der Waals surface area (Å²) in [5.74, 6) is -5.29. The van der Waals surface area contributed by atoms with Crippen molar-refractivity contribution in [3.63, 3.8) is 0 Å². The zero-order valence-electron chi connectivity index (χ0n) is 14.3. The lowest BCUT2D eigenvalue weighted by molar-refractivity contribution is -0.253. The van der Waals surface area contributed by atoms with Gasteiger partial charge in [0.25, 0.3) is 5.91 Å². The average Bonchev–Trinajstić information content (AvgIpc) is 2.54. The molecule has 4 nitrogen and oxygen atoms in total. The Balaban J connectivity index is 2.36. The summed E-state index contributed by atoms with van der Waals surface area (Å²) in [4.78, 5) is 23.7. The van der Waals surface area contributed by atoms with E-state index >= 15 is 0 Å². The number of alkyl halides is 6. The zero-order chi connectivity index (χ0) is 21.3. The molecule has 0 radical (unpaired) electrons. The average molecular weight is 404 g/mol. The van der Waals surface area contributed by atoms with Crippen LogP contribution in [0.25, 0.3) is 0 Å². The lowest BCUT2D eigenvalue weighted by Crippen LogP contribution is -2.34. The minimum atomic E-state index is -5.52. The lowest BCUT2D eigenvalue weighted by atomic mass is 9.95. The van der Waals surface area contributed by atoms with Crippen molar-refractivity contribution in [3.05, 3.63) is 64.7 Å². The number of anilines is 1. The number of nitrogens with one attached hydrogen (secondary N) is 1. The molecular formula is C18H14F6N2O2. The fourth-order valence-corrected chi connectivity index (χ4v) is 2.66. The molecule has 0 unspecified atom stereocenters. The Labute approximate surface area is 155 Å². The van der Waals surface area contributed by atoms with Crippen LogP contribution in [0, 0.1) is 6.92 Å². The van der Waals surface area contributed by atoms with E-state index in [-0.39, 0.29) is 22.4 Å². The van der Waals surface area contributed by atoms with Crippen LogP contribution in [0.1, 0.15) is 37.8 Å². The normalized spacial score (nSPS) is 12.1. The predicted octanol–water partition coefficient (Wildman–Crippen LogP) is 4.55. The van der Waals surface area contributed by atoms with Crippen molar-refractivity contribution in [2.75, 3.05) is 5.32 Å². The summed E-state index contributed by atoms with van der Waals surface area (Å²) >= 11 is 0. The third-order valence-electron chi connectivity index (χ3n) is 3.92. The third kappa shape index (κ3) is 4.62. The van der Waals surface area contributed by atoms with Crippen LogP contribution >= 0.6 is 0 Å². The Hall–Kier alpha value is -3.04. The van der Waals surface area contributed by atoms with Gasteiger partial charge in [0.1, 0.15) is 0 Å². The first-order chi connectivity index (χ1) is 12.8. The Morgan fingerprint density at radius 1 is 0.929 bits per heavy atom. The molecule has 0 aliphatic rings. The molecule has 2 aromatic carbocycles. The van der Waals surface area contributed by atoms with Crippen LogP contribution in [0.3, 0.4) is 0 Å². The SMILES string of the molecule is Cc1cc(C(C(F)(F)F)C(F)(F)F)ccc1NC(=O)c1ccccc1C(N)=O. The molecule has 0 spiro atoms. The van der Waals surface area contributed by atoms with E-state index in [1.165, 1.54) is 31.2 Å². The number of benzene rings is 2. The quantitative estimate of drug-likeness (QED) is 0.734. The van der Waals surface area contributed by atoms with Gasteiger partial charge in [-0.2, -0.15) is 26.3 Å². The molecule has 2 rings (SSSR count). The van der Waals surface area contributed by atoms with E-state index in [4.69, 9.17) is 5.73 Å². The standard InChI is InChI=1S/C18H14F6N2O2/c1-9-8-10(14(17(19,20)21)18(22,23)24)6-7-13(9)26-16(28)12-5-3-2-4-11(12)15(25)27/h2-8,14H,1H3,(H2,25,27)(H,26,28). The first-order valence-corrected chi connectivity index (χ1v) is 7.76. The number of primary amides is 1. The molecule has 0 saturated carbocycles. The molecular weight excluding hydrogens is 390 g/mol. The Kier molecular flexibility index (Phi) is 5.72. The molecule has 2 aromatic rings. The van der Waals surface area contributed by atoms with Gasteiger partial charge in [0.05, 0.1) is 11.1 Å². The second kappa shape index (κ2) is 7.53. The highest BCUT2D eigenvalue weighted by atomic mass is 19.4. The number of rotatable bonds is 4. The molecule has 28 heavy (non-hydrogen) atoms. The first kappa shape index (κ1) is 21.3. The lowest BCUT2D eigenvalue weighted by Gasteiger charge is -2.24. The maximum Gasteiger partial charge on any atom is 0.404 e. The van der Waals surface area contributed by atoms with Crippen molar-refractivity contribution in [2.24, 2.45) is 5.73 Å². The van der Waals surface area contributed by atoms with E-state index in [2.05, 4.69) is 5.32 Å². The highest BCUT2D eigenvalue weighted by molar-refractivity contribution is 6.12. The molecule has 0 aliphatic heterocycles. The molecule has 150 valence electrons. The largest absolute Gasteiger partial charge is 0.404 e. The molecule has 3 N–H and O–H groups in total. The van der Waals surface area contributed by atoms with Gasteiger partial charge in [0.2, 0.25) is 5.91 Å². The topological polar surface area (TPSA) is 72.2 Å². The Bertz CT molecular complexity index is 892. The van der Waals surface area contributed by atoms with Crippen LogP contribution in [-0.4, -0.2) is 24.2 Å². The number of amides is 2. The van der Waals surface area contributed by atoms with Crippen molar-refractivity contribution in [3.8, 4) is 0 Å². The highest BCUT2D eigenvalue weighted by Gasteiger charge is 2.57. The minimum absolute atomic E-state index is 0.00359. The third-order valence-corrected chi connectivity index (χ3v) is 3.92. The van der Waals surface area contributed by atoms with Gasteiger partial charge in [-0.15, -0.1) is 0 Å². The van der Waals surface area contributed by atoms with Gasteiger partial charge >= 0.3 is 12.4 Å². The molecule has 0 bridgehead atoms. The van der Waals surface area contributed by atoms with Crippen molar-refractivity contribution in [2.45, 2.75) is 25.2 Å². The van der Waals surface area contributed by atoms with Gasteiger partial charge in [0, 0.05) is 5.69 Å². The number of carbonyl (C=O) groups is 2. The van der Waals surface area contributed by atoms with E-state index in [1.807, 2.05) is 0 Å². The van der Waals surface area contributed by atoms with Crippen LogP contribution in [0.2, 0.25) is 0 Å². The monoisotopic (exact) mass is 404 g/mol. The highest BCUT2D eigenvalue weighted by Crippen LogP contribution is 2.46. The molecule has 0 saturated heterocycles. The first-order valence-electron chi connectivity index (χ1n) is 7.76. The van der Waals surface area contributed by atoms with Gasteiger partial charge in [-0.3, -0.25) is 9.59 Å². The van der Waals surface area contributed by atoms with Gasteiger partial charge in [-0.25, -0.2) is 0 Å². The molecule has 10 heteroatoms. The predicted molar refractivity (Wildman–Crippen MR) is 88.9 cm³/mol. The summed E-state index contributed by atoms with van der Waals surface area (Å²) in [6.07, 6.45) is -11.0. The molecule has 0 fully saturated rings. The van der Waals surface area contributed by atoms with Gasteiger partial charge < -0.3 is 11.1 Å². The smallest absolute Gasteiger partial charge is 0.366 e.